The number of methoxy groups -OCH3 is 1. The number of para-hydroxylation sites is 1. The molecule has 3 rings (SSSR count). The van der Waals surface area contributed by atoms with E-state index in [1.165, 1.54) is 7.11 Å². The zero-order valence-electron chi connectivity index (χ0n) is 17.8. The minimum atomic E-state index is -0.375. The van der Waals surface area contributed by atoms with Crippen LogP contribution in [0.15, 0.2) is 60.7 Å². The first-order valence-corrected chi connectivity index (χ1v) is 10.5. The maximum atomic E-state index is 12.9. The Bertz CT molecular complexity index is 865. The van der Waals surface area contributed by atoms with Gasteiger partial charge in [0, 0.05) is 31.2 Å². The number of carbonyl (C=O) groups is 3. The molecule has 1 aliphatic rings. The Morgan fingerprint density at radius 3 is 2.19 bits per heavy atom. The first-order chi connectivity index (χ1) is 15.0. The van der Waals surface area contributed by atoms with Crippen molar-refractivity contribution in [2.24, 2.45) is 5.92 Å². The molecule has 2 aromatic carbocycles. The zero-order valence-corrected chi connectivity index (χ0v) is 17.8. The van der Waals surface area contributed by atoms with E-state index in [1.54, 1.807) is 9.80 Å². The van der Waals surface area contributed by atoms with Crippen molar-refractivity contribution in [3.63, 3.8) is 0 Å². The summed E-state index contributed by atoms with van der Waals surface area (Å²) < 4.78 is 4.78. The molecule has 1 aliphatic heterocycles. The van der Waals surface area contributed by atoms with Crippen molar-refractivity contribution >= 4 is 23.5 Å². The molecule has 0 saturated carbocycles. The van der Waals surface area contributed by atoms with E-state index in [2.05, 4.69) is 5.32 Å². The molecule has 0 aromatic heterocycles. The quantitative estimate of drug-likeness (QED) is 0.660. The molecule has 1 heterocycles. The minimum Gasteiger partial charge on any atom is -0.468 e. The highest BCUT2D eigenvalue weighted by Gasteiger charge is 2.28. The van der Waals surface area contributed by atoms with Crippen molar-refractivity contribution in [2.45, 2.75) is 19.4 Å². The third-order valence-electron chi connectivity index (χ3n) is 5.45. The number of benzene rings is 2. The van der Waals surface area contributed by atoms with Gasteiger partial charge in [-0.15, -0.1) is 0 Å². The first kappa shape index (κ1) is 22.5. The van der Waals surface area contributed by atoms with Gasteiger partial charge in [-0.2, -0.15) is 0 Å². The molecular weight excluding hydrogens is 394 g/mol. The second-order valence-corrected chi connectivity index (χ2v) is 7.72. The Morgan fingerprint density at radius 2 is 1.58 bits per heavy atom. The first-order valence-electron chi connectivity index (χ1n) is 10.5. The molecule has 0 aliphatic carbocycles. The van der Waals surface area contributed by atoms with Crippen LogP contribution in [0.25, 0.3) is 0 Å². The molecule has 0 unspecified atom stereocenters. The van der Waals surface area contributed by atoms with Crippen LogP contribution < -0.4 is 5.32 Å². The summed E-state index contributed by atoms with van der Waals surface area (Å²) in [6.07, 6.45) is 1.25. The van der Waals surface area contributed by atoms with E-state index in [0.29, 0.717) is 32.5 Å². The van der Waals surface area contributed by atoms with Crippen LogP contribution >= 0.6 is 0 Å². The summed E-state index contributed by atoms with van der Waals surface area (Å²) in [5.74, 6) is -0.531. The van der Waals surface area contributed by atoms with Gasteiger partial charge in [0.1, 0.15) is 0 Å². The number of carbonyl (C=O) groups excluding carboxylic acids is 3. The number of esters is 1. The van der Waals surface area contributed by atoms with Crippen LogP contribution in [0.2, 0.25) is 0 Å². The topological polar surface area (TPSA) is 79.0 Å². The van der Waals surface area contributed by atoms with Gasteiger partial charge in [0.25, 0.3) is 0 Å². The number of hydrogen-bond donors (Lipinski definition) is 1. The lowest BCUT2D eigenvalue weighted by Crippen LogP contribution is -2.46. The van der Waals surface area contributed by atoms with Crippen molar-refractivity contribution in [1.82, 2.24) is 9.80 Å². The van der Waals surface area contributed by atoms with Gasteiger partial charge < -0.3 is 15.0 Å². The maximum absolute atomic E-state index is 12.9. The summed E-state index contributed by atoms with van der Waals surface area (Å²) in [5, 5.41) is 2.94. The Morgan fingerprint density at radius 1 is 0.968 bits per heavy atom. The number of hydrogen-bond acceptors (Lipinski definition) is 5. The number of nitrogens with zero attached hydrogens (tertiary/aromatic N) is 2. The molecule has 1 N–H and O–H groups in total. The molecule has 164 valence electrons. The highest BCUT2D eigenvalue weighted by atomic mass is 16.5. The highest BCUT2D eigenvalue weighted by Crippen LogP contribution is 2.20. The van der Waals surface area contributed by atoms with Crippen molar-refractivity contribution in [1.29, 1.82) is 0 Å². The molecule has 1 fully saturated rings. The fraction of sp³-hybridized carbons (Fsp3) is 0.375. The van der Waals surface area contributed by atoms with Crippen molar-refractivity contribution in [2.75, 3.05) is 38.6 Å². The van der Waals surface area contributed by atoms with E-state index in [-0.39, 0.29) is 36.8 Å². The fourth-order valence-corrected chi connectivity index (χ4v) is 3.70. The SMILES string of the molecule is COC(=O)CN(CC(=O)N1CCC(C(=O)Nc2ccccc2)CC1)Cc1ccccc1. The number of nitrogens with one attached hydrogen (secondary N) is 1. The lowest BCUT2D eigenvalue weighted by Gasteiger charge is -2.33. The molecular formula is C24H29N3O4. The number of amides is 2. The molecule has 31 heavy (non-hydrogen) atoms. The summed E-state index contributed by atoms with van der Waals surface area (Å²) in [4.78, 5) is 40.7. The van der Waals surface area contributed by atoms with Crippen molar-refractivity contribution in [3.05, 3.63) is 66.2 Å². The number of anilines is 1. The van der Waals surface area contributed by atoms with Gasteiger partial charge >= 0.3 is 5.97 Å². The monoisotopic (exact) mass is 423 g/mol. The average Bonchev–Trinajstić information content (AvgIpc) is 2.80. The molecule has 7 heteroatoms. The van der Waals surface area contributed by atoms with Crippen LogP contribution in [0, 0.1) is 5.92 Å². The summed E-state index contributed by atoms with van der Waals surface area (Å²) in [6.45, 7) is 1.72. The lowest BCUT2D eigenvalue weighted by atomic mass is 9.95. The van der Waals surface area contributed by atoms with E-state index in [4.69, 9.17) is 4.74 Å². The normalized spacial score (nSPS) is 14.3. The van der Waals surface area contributed by atoms with Gasteiger partial charge in [-0.1, -0.05) is 48.5 Å². The van der Waals surface area contributed by atoms with E-state index in [0.717, 1.165) is 11.3 Å². The fourth-order valence-electron chi connectivity index (χ4n) is 3.70. The minimum absolute atomic E-state index is 0.00491. The van der Waals surface area contributed by atoms with Crippen molar-refractivity contribution < 1.29 is 19.1 Å². The molecule has 1 saturated heterocycles. The van der Waals surface area contributed by atoms with Gasteiger partial charge in [-0.05, 0) is 30.5 Å². The third-order valence-corrected chi connectivity index (χ3v) is 5.45. The number of ether oxygens (including phenoxy) is 1. The molecule has 2 amide bonds. The van der Waals surface area contributed by atoms with Crippen LogP contribution in [0.4, 0.5) is 5.69 Å². The Labute approximate surface area is 183 Å². The Kier molecular flexibility index (Phi) is 8.18. The molecule has 0 spiro atoms. The third kappa shape index (κ3) is 6.93. The molecule has 0 bridgehead atoms. The Balaban J connectivity index is 1.51. The van der Waals surface area contributed by atoms with Crippen LogP contribution in [0.3, 0.4) is 0 Å². The lowest BCUT2D eigenvalue weighted by molar-refractivity contribution is -0.143. The Hall–Kier alpha value is -3.19. The zero-order chi connectivity index (χ0) is 22.1. The smallest absolute Gasteiger partial charge is 0.319 e. The number of piperidine rings is 1. The summed E-state index contributed by atoms with van der Waals surface area (Å²) in [5.41, 5.74) is 1.81. The van der Waals surface area contributed by atoms with E-state index >= 15 is 0 Å². The second kappa shape index (κ2) is 11.3. The molecule has 0 atom stereocenters. The molecule has 0 radical (unpaired) electrons. The summed E-state index contributed by atoms with van der Waals surface area (Å²) in [7, 11) is 1.34. The van der Waals surface area contributed by atoms with Gasteiger partial charge in [-0.3, -0.25) is 19.3 Å². The van der Waals surface area contributed by atoms with Gasteiger partial charge in [-0.25, -0.2) is 0 Å². The summed E-state index contributed by atoms with van der Waals surface area (Å²) >= 11 is 0. The van der Waals surface area contributed by atoms with E-state index in [1.807, 2.05) is 60.7 Å². The van der Waals surface area contributed by atoms with Crippen LogP contribution in [-0.2, 0) is 25.7 Å². The largest absolute Gasteiger partial charge is 0.468 e. The van der Waals surface area contributed by atoms with E-state index < -0.39 is 0 Å². The highest BCUT2D eigenvalue weighted by molar-refractivity contribution is 5.92. The van der Waals surface area contributed by atoms with Crippen molar-refractivity contribution in [3.8, 4) is 0 Å². The van der Waals surface area contributed by atoms with Gasteiger partial charge in [0.05, 0.1) is 20.2 Å². The molecule has 2 aromatic rings. The van der Waals surface area contributed by atoms with Gasteiger partial charge in [0.2, 0.25) is 11.8 Å². The van der Waals surface area contributed by atoms with Crippen LogP contribution in [0.5, 0.6) is 0 Å². The predicted octanol–water partition coefficient (Wildman–Crippen LogP) is 2.54. The summed E-state index contributed by atoms with van der Waals surface area (Å²) in [6, 6.07) is 19.1. The number of rotatable bonds is 8. The maximum Gasteiger partial charge on any atom is 0.319 e. The predicted molar refractivity (Wildman–Crippen MR) is 118 cm³/mol. The average molecular weight is 424 g/mol. The standard InChI is InChI=1S/C24H29N3O4/c1-31-23(29)18-26(16-19-8-4-2-5-9-19)17-22(28)27-14-12-20(13-15-27)24(30)25-21-10-6-3-7-11-21/h2-11,20H,12-18H2,1H3,(H,25,30). The second-order valence-electron chi connectivity index (χ2n) is 7.72. The molecule has 7 nitrogen and oxygen atoms in total. The number of likely N-dealkylation sites (tertiary alicyclic amines) is 1. The van der Waals surface area contributed by atoms with Crippen LogP contribution in [0.1, 0.15) is 18.4 Å². The van der Waals surface area contributed by atoms with Crippen LogP contribution in [-0.4, -0.2) is 60.9 Å². The van der Waals surface area contributed by atoms with Gasteiger partial charge in [0.15, 0.2) is 0 Å². The van der Waals surface area contributed by atoms with E-state index in [9.17, 15) is 14.4 Å².